The van der Waals surface area contributed by atoms with Crippen LogP contribution >= 0.6 is 0 Å². The van der Waals surface area contributed by atoms with Crippen LogP contribution in [0.3, 0.4) is 0 Å². The van der Waals surface area contributed by atoms with Crippen molar-refractivity contribution in [1.82, 2.24) is 10.3 Å². The number of hydrogen-bond donors (Lipinski definition) is 1. The molecule has 90 valence electrons. The molecule has 1 heterocycles. The lowest BCUT2D eigenvalue weighted by Crippen LogP contribution is -2.23. The standard InChI is InChI=1S/C12H20N2O2/c1-11(12-3-5-13-6-4-12)14-7-8-16-10-9-15-2/h3-6,11,14H,7-10H2,1-2H3/t11-/m1/s1. The molecule has 4 heteroatoms. The van der Waals surface area contributed by atoms with E-state index in [0.717, 1.165) is 6.54 Å². The topological polar surface area (TPSA) is 43.4 Å². The second-order valence-electron chi connectivity index (χ2n) is 3.56. The third-order valence-electron chi connectivity index (χ3n) is 2.33. The molecule has 0 aliphatic carbocycles. The first-order valence-corrected chi connectivity index (χ1v) is 5.54. The Kier molecular flexibility index (Phi) is 6.72. The molecule has 0 aromatic carbocycles. The van der Waals surface area contributed by atoms with Crippen molar-refractivity contribution in [2.75, 3.05) is 33.5 Å². The van der Waals surface area contributed by atoms with Gasteiger partial charge in [-0.15, -0.1) is 0 Å². The third-order valence-corrected chi connectivity index (χ3v) is 2.33. The lowest BCUT2D eigenvalue weighted by Gasteiger charge is -2.13. The van der Waals surface area contributed by atoms with Gasteiger partial charge in [0, 0.05) is 32.1 Å². The fourth-order valence-corrected chi connectivity index (χ4v) is 1.36. The molecule has 0 unspecified atom stereocenters. The van der Waals surface area contributed by atoms with E-state index in [9.17, 15) is 0 Å². The molecule has 1 N–H and O–H groups in total. The molecule has 4 nitrogen and oxygen atoms in total. The smallest absolute Gasteiger partial charge is 0.0700 e. The predicted octanol–water partition coefficient (Wildman–Crippen LogP) is 1.40. The minimum atomic E-state index is 0.328. The zero-order valence-electron chi connectivity index (χ0n) is 9.98. The fraction of sp³-hybridized carbons (Fsp3) is 0.583. The molecule has 0 radical (unpaired) electrons. The number of nitrogens with zero attached hydrogens (tertiary/aromatic N) is 1. The van der Waals surface area contributed by atoms with Crippen LogP contribution in [0.5, 0.6) is 0 Å². The Morgan fingerprint density at radius 3 is 2.69 bits per heavy atom. The molecule has 1 atom stereocenters. The summed E-state index contributed by atoms with van der Waals surface area (Å²) in [5, 5.41) is 3.38. The van der Waals surface area contributed by atoms with Crippen LogP contribution in [0.2, 0.25) is 0 Å². The number of rotatable bonds is 8. The van der Waals surface area contributed by atoms with Crippen molar-refractivity contribution in [2.45, 2.75) is 13.0 Å². The van der Waals surface area contributed by atoms with Crippen LogP contribution in [0.25, 0.3) is 0 Å². The van der Waals surface area contributed by atoms with Gasteiger partial charge in [0.1, 0.15) is 0 Å². The van der Waals surface area contributed by atoms with Gasteiger partial charge in [-0.25, -0.2) is 0 Å². The lowest BCUT2D eigenvalue weighted by molar-refractivity contribution is 0.0712. The zero-order chi connectivity index (χ0) is 11.6. The number of aromatic nitrogens is 1. The van der Waals surface area contributed by atoms with Crippen molar-refractivity contribution in [3.63, 3.8) is 0 Å². The fourth-order valence-electron chi connectivity index (χ4n) is 1.36. The summed E-state index contributed by atoms with van der Waals surface area (Å²) >= 11 is 0. The molecule has 0 bridgehead atoms. The first-order valence-electron chi connectivity index (χ1n) is 5.54. The van der Waals surface area contributed by atoms with Gasteiger partial charge in [0.2, 0.25) is 0 Å². The van der Waals surface area contributed by atoms with E-state index >= 15 is 0 Å². The maximum Gasteiger partial charge on any atom is 0.0700 e. The normalized spacial score (nSPS) is 12.6. The van der Waals surface area contributed by atoms with Crippen molar-refractivity contribution in [1.29, 1.82) is 0 Å². The summed E-state index contributed by atoms with van der Waals surface area (Å²) in [7, 11) is 1.67. The maximum atomic E-state index is 5.36. The average molecular weight is 224 g/mol. The van der Waals surface area contributed by atoms with E-state index in [4.69, 9.17) is 9.47 Å². The summed E-state index contributed by atoms with van der Waals surface area (Å²) in [4.78, 5) is 3.99. The van der Waals surface area contributed by atoms with E-state index < -0.39 is 0 Å². The van der Waals surface area contributed by atoms with Crippen molar-refractivity contribution in [3.8, 4) is 0 Å². The number of nitrogens with one attached hydrogen (secondary N) is 1. The lowest BCUT2D eigenvalue weighted by atomic mass is 10.1. The Morgan fingerprint density at radius 2 is 2.00 bits per heavy atom. The SMILES string of the molecule is COCCOCCN[C@H](C)c1ccncc1. The van der Waals surface area contributed by atoms with Gasteiger partial charge >= 0.3 is 0 Å². The predicted molar refractivity (Wildman–Crippen MR) is 63.3 cm³/mol. The average Bonchev–Trinajstić information content (AvgIpc) is 2.34. The molecule has 0 saturated heterocycles. The van der Waals surface area contributed by atoms with Gasteiger partial charge < -0.3 is 14.8 Å². The van der Waals surface area contributed by atoms with Crippen molar-refractivity contribution < 1.29 is 9.47 Å². The number of pyridine rings is 1. The van der Waals surface area contributed by atoms with Crippen molar-refractivity contribution in [2.24, 2.45) is 0 Å². The number of methoxy groups -OCH3 is 1. The number of ether oxygens (including phenoxy) is 2. The van der Waals surface area contributed by atoms with Crippen LogP contribution < -0.4 is 5.32 Å². The van der Waals surface area contributed by atoms with Gasteiger partial charge in [-0.1, -0.05) is 0 Å². The molecular weight excluding hydrogens is 204 g/mol. The first-order chi connectivity index (χ1) is 7.84. The second-order valence-corrected chi connectivity index (χ2v) is 3.56. The van der Waals surface area contributed by atoms with Crippen molar-refractivity contribution in [3.05, 3.63) is 30.1 Å². The molecule has 0 spiro atoms. The van der Waals surface area contributed by atoms with Gasteiger partial charge in [-0.05, 0) is 24.6 Å². The molecule has 1 rings (SSSR count). The molecule has 16 heavy (non-hydrogen) atoms. The van der Waals surface area contributed by atoms with Crippen LogP contribution in [-0.4, -0.2) is 38.5 Å². The van der Waals surface area contributed by atoms with Gasteiger partial charge in [0.05, 0.1) is 19.8 Å². The van der Waals surface area contributed by atoms with Gasteiger partial charge in [-0.2, -0.15) is 0 Å². The van der Waals surface area contributed by atoms with E-state index in [1.807, 2.05) is 24.5 Å². The van der Waals surface area contributed by atoms with Gasteiger partial charge in [0.15, 0.2) is 0 Å². The summed E-state index contributed by atoms with van der Waals surface area (Å²) in [5.74, 6) is 0. The molecule has 1 aromatic heterocycles. The highest BCUT2D eigenvalue weighted by Gasteiger charge is 2.02. The quantitative estimate of drug-likeness (QED) is 0.678. The maximum absolute atomic E-state index is 5.36. The highest BCUT2D eigenvalue weighted by Crippen LogP contribution is 2.09. The van der Waals surface area contributed by atoms with E-state index in [1.54, 1.807) is 7.11 Å². The highest BCUT2D eigenvalue weighted by atomic mass is 16.5. The van der Waals surface area contributed by atoms with Crippen LogP contribution in [0.1, 0.15) is 18.5 Å². The molecule has 1 aromatic rings. The Bertz CT molecular complexity index is 267. The van der Waals surface area contributed by atoms with Crippen molar-refractivity contribution >= 4 is 0 Å². The Labute approximate surface area is 97.0 Å². The Morgan fingerprint density at radius 1 is 1.25 bits per heavy atom. The summed E-state index contributed by atoms with van der Waals surface area (Å²) in [6.45, 7) is 4.98. The van der Waals surface area contributed by atoms with E-state index in [2.05, 4.69) is 17.2 Å². The third kappa shape index (κ3) is 5.21. The first kappa shape index (κ1) is 13.1. The van der Waals surface area contributed by atoms with Crippen LogP contribution in [0.4, 0.5) is 0 Å². The number of hydrogen-bond acceptors (Lipinski definition) is 4. The molecular formula is C12H20N2O2. The monoisotopic (exact) mass is 224 g/mol. The minimum absolute atomic E-state index is 0.328. The Balaban J connectivity index is 2.09. The van der Waals surface area contributed by atoms with Gasteiger partial charge in [-0.3, -0.25) is 4.98 Å². The largest absolute Gasteiger partial charge is 0.382 e. The second kappa shape index (κ2) is 8.21. The summed E-state index contributed by atoms with van der Waals surface area (Å²) < 4.78 is 10.2. The van der Waals surface area contributed by atoms with Crippen LogP contribution in [-0.2, 0) is 9.47 Å². The summed E-state index contributed by atoms with van der Waals surface area (Å²) in [5.41, 5.74) is 1.24. The van der Waals surface area contributed by atoms with E-state index in [1.165, 1.54) is 5.56 Å². The highest BCUT2D eigenvalue weighted by molar-refractivity contribution is 5.13. The van der Waals surface area contributed by atoms with Crippen LogP contribution in [0.15, 0.2) is 24.5 Å². The minimum Gasteiger partial charge on any atom is -0.382 e. The molecule has 0 amide bonds. The molecule has 0 aliphatic heterocycles. The summed E-state index contributed by atoms with van der Waals surface area (Å²) in [6.07, 6.45) is 3.62. The van der Waals surface area contributed by atoms with E-state index in [-0.39, 0.29) is 0 Å². The molecule has 0 saturated carbocycles. The van der Waals surface area contributed by atoms with Crippen LogP contribution in [0, 0.1) is 0 Å². The van der Waals surface area contributed by atoms with E-state index in [0.29, 0.717) is 25.9 Å². The zero-order valence-corrected chi connectivity index (χ0v) is 9.98. The van der Waals surface area contributed by atoms with Gasteiger partial charge in [0.25, 0.3) is 0 Å². The molecule has 0 aliphatic rings. The Hall–Kier alpha value is -0.970. The summed E-state index contributed by atoms with van der Waals surface area (Å²) in [6, 6.07) is 4.36. The molecule has 0 fully saturated rings.